The SMILES string of the molecule is COc1ccc(Cn2c(CCC(=O)NCc3cccc(F)c3)nc3cccnc32)cc1. The average Bonchev–Trinajstić information content (AvgIpc) is 3.14. The predicted octanol–water partition coefficient (Wildman–Crippen LogP) is 3.88. The number of halogens is 1. The first-order valence-electron chi connectivity index (χ1n) is 10.1. The molecule has 2 aromatic heterocycles. The van der Waals surface area contributed by atoms with Crippen LogP contribution < -0.4 is 10.1 Å². The van der Waals surface area contributed by atoms with E-state index in [1.807, 2.05) is 41.0 Å². The predicted molar refractivity (Wildman–Crippen MR) is 116 cm³/mol. The van der Waals surface area contributed by atoms with Crippen molar-refractivity contribution in [2.75, 3.05) is 7.11 Å². The highest BCUT2D eigenvalue weighted by atomic mass is 19.1. The van der Waals surface area contributed by atoms with Gasteiger partial charge in [-0.25, -0.2) is 14.4 Å². The van der Waals surface area contributed by atoms with Crippen molar-refractivity contribution in [1.82, 2.24) is 19.9 Å². The van der Waals surface area contributed by atoms with Gasteiger partial charge in [0.15, 0.2) is 5.65 Å². The Bertz CT molecular complexity index is 1190. The van der Waals surface area contributed by atoms with Crippen LogP contribution in [0, 0.1) is 5.82 Å². The number of amides is 1. The molecule has 0 saturated carbocycles. The van der Waals surface area contributed by atoms with Crippen LogP contribution in [0.25, 0.3) is 11.2 Å². The zero-order valence-electron chi connectivity index (χ0n) is 17.2. The Morgan fingerprint density at radius 1 is 1.10 bits per heavy atom. The third kappa shape index (κ3) is 5.06. The smallest absolute Gasteiger partial charge is 0.220 e. The van der Waals surface area contributed by atoms with Gasteiger partial charge in [-0.15, -0.1) is 0 Å². The standard InChI is InChI=1S/C24H23FN4O2/c1-31-20-9-7-17(8-10-20)16-29-22(28-21-6-3-13-26-24(21)29)11-12-23(30)27-15-18-4-2-5-19(25)14-18/h2-10,13-14H,11-12,15-16H2,1H3,(H,27,30). The van der Waals surface area contributed by atoms with Gasteiger partial charge in [-0.1, -0.05) is 24.3 Å². The second-order valence-electron chi connectivity index (χ2n) is 7.22. The fourth-order valence-electron chi connectivity index (χ4n) is 3.44. The third-order valence-electron chi connectivity index (χ3n) is 5.04. The molecule has 0 aliphatic heterocycles. The van der Waals surface area contributed by atoms with Crippen molar-refractivity contribution in [1.29, 1.82) is 0 Å². The summed E-state index contributed by atoms with van der Waals surface area (Å²) in [6.45, 7) is 0.887. The number of carbonyl (C=O) groups excluding carboxylic acids is 1. The third-order valence-corrected chi connectivity index (χ3v) is 5.04. The number of ether oxygens (including phenoxy) is 1. The first-order valence-corrected chi connectivity index (χ1v) is 10.1. The van der Waals surface area contributed by atoms with Crippen LogP contribution in [0.5, 0.6) is 5.75 Å². The van der Waals surface area contributed by atoms with Gasteiger partial charge in [-0.05, 0) is 47.5 Å². The van der Waals surface area contributed by atoms with Crippen molar-refractivity contribution in [3.05, 3.63) is 89.6 Å². The number of carbonyl (C=O) groups is 1. The van der Waals surface area contributed by atoms with Gasteiger partial charge >= 0.3 is 0 Å². The van der Waals surface area contributed by atoms with E-state index in [-0.39, 0.29) is 18.1 Å². The molecular formula is C24H23FN4O2. The summed E-state index contributed by atoms with van der Waals surface area (Å²) in [5, 5.41) is 2.84. The lowest BCUT2D eigenvalue weighted by molar-refractivity contribution is -0.121. The van der Waals surface area contributed by atoms with Gasteiger partial charge in [0.25, 0.3) is 0 Å². The highest BCUT2D eigenvalue weighted by Crippen LogP contribution is 2.19. The summed E-state index contributed by atoms with van der Waals surface area (Å²) in [5.41, 5.74) is 3.39. The number of imidazole rings is 1. The van der Waals surface area contributed by atoms with Gasteiger partial charge in [0.1, 0.15) is 22.9 Å². The summed E-state index contributed by atoms with van der Waals surface area (Å²) >= 11 is 0. The van der Waals surface area contributed by atoms with Gasteiger partial charge in [0.05, 0.1) is 13.7 Å². The Hall–Kier alpha value is -3.74. The van der Waals surface area contributed by atoms with E-state index >= 15 is 0 Å². The quantitative estimate of drug-likeness (QED) is 0.472. The number of nitrogens with zero attached hydrogens (tertiary/aromatic N) is 3. The normalized spacial score (nSPS) is 10.9. The Morgan fingerprint density at radius 2 is 1.94 bits per heavy atom. The molecular weight excluding hydrogens is 395 g/mol. The van der Waals surface area contributed by atoms with E-state index in [2.05, 4.69) is 10.3 Å². The first-order chi connectivity index (χ1) is 15.1. The van der Waals surface area contributed by atoms with E-state index in [0.29, 0.717) is 19.5 Å². The van der Waals surface area contributed by atoms with Gasteiger partial charge in [-0.2, -0.15) is 0 Å². The monoisotopic (exact) mass is 418 g/mol. The molecule has 0 bridgehead atoms. The van der Waals surface area contributed by atoms with Crippen molar-refractivity contribution in [2.45, 2.75) is 25.9 Å². The van der Waals surface area contributed by atoms with E-state index in [9.17, 15) is 9.18 Å². The molecule has 4 rings (SSSR count). The maximum absolute atomic E-state index is 13.3. The van der Waals surface area contributed by atoms with Crippen LogP contribution in [-0.4, -0.2) is 27.6 Å². The number of hydrogen-bond donors (Lipinski definition) is 1. The fraction of sp³-hybridized carbons (Fsp3) is 0.208. The number of aryl methyl sites for hydroxylation is 1. The molecule has 0 spiro atoms. The van der Waals surface area contributed by atoms with Crippen molar-refractivity contribution in [2.24, 2.45) is 0 Å². The minimum Gasteiger partial charge on any atom is -0.497 e. The molecule has 158 valence electrons. The topological polar surface area (TPSA) is 69.0 Å². The maximum Gasteiger partial charge on any atom is 0.220 e. The number of rotatable bonds is 8. The van der Waals surface area contributed by atoms with Crippen LogP contribution in [0.15, 0.2) is 66.9 Å². The average molecular weight is 418 g/mol. The summed E-state index contributed by atoms with van der Waals surface area (Å²) in [5.74, 6) is 1.17. The molecule has 0 aliphatic carbocycles. The molecule has 2 heterocycles. The number of aromatic nitrogens is 3. The molecule has 0 aliphatic rings. The van der Waals surface area contributed by atoms with Crippen LogP contribution in [0.1, 0.15) is 23.4 Å². The van der Waals surface area contributed by atoms with Crippen molar-refractivity contribution in [3.63, 3.8) is 0 Å². The molecule has 2 aromatic carbocycles. The highest BCUT2D eigenvalue weighted by Gasteiger charge is 2.14. The molecule has 7 heteroatoms. The van der Waals surface area contributed by atoms with Crippen LogP contribution in [-0.2, 0) is 24.3 Å². The maximum atomic E-state index is 13.3. The van der Waals surface area contributed by atoms with Gasteiger partial charge in [0.2, 0.25) is 5.91 Å². The number of nitrogens with one attached hydrogen (secondary N) is 1. The fourth-order valence-corrected chi connectivity index (χ4v) is 3.44. The van der Waals surface area contributed by atoms with Gasteiger partial charge in [0, 0.05) is 25.6 Å². The molecule has 0 radical (unpaired) electrons. The zero-order valence-corrected chi connectivity index (χ0v) is 17.2. The van der Waals surface area contributed by atoms with Crippen LogP contribution >= 0.6 is 0 Å². The summed E-state index contributed by atoms with van der Waals surface area (Å²) in [4.78, 5) is 21.5. The van der Waals surface area contributed by atoms with E-state index in [1.165, 1.54) is 12.1 Å². The number of benzene rings is 2. The molecule has 6 nitrogen and oxygen atoms in total. The molecule has 31 heavy (non-hydrogen) atoms. The number of hydrogen-bond acceptors (Lipinski definition) is 4. The summed E-state index contributed by atoms with van der Waals surface area (Å²) in [6, 6.07) is 17.8. The van der Waals surface area contributed by atoms with Crippen LogP contribution in [0.3, 0.4) is 0 Å². The molecule has 0 fully saturated rings. The van der Waals surface area contributed by atoms with E-state index < -0.39 is 0 Å². The van der Waals surface area contributed by atoms with E-state index in [0.717, 1.165) is 33.9 Å². The second kappa shape index (κ2) is 9.38. The van der Waals surface area contributed by atoms with E-state index in [1.54, 1.807) is 25.4 Å². The van der Waals surface area contributed by atoms with Gasteiger partial charge < -0.3 is 14.6 Å². The lowest BCUT2D eigenvalue weighted by Gasteiger charge is -2.10. The molecule has 0 saturated heterocycles. The minimum atomic E-state index is -0.313. The number of fused-ring (bicyclic) bond motifs is 1. The minimum absolute atomic E-state index is 0.111. The number of pyridine rings is 1. The first kappa shape index (κ1) is 20.5. The lowest BCUT2D eigenvalue weighted by Crippen LogP contribution is -2.23. The zero-order chi connectivity index (χ0) is 21.6. The molecule has 1 N–H and O–H groups in total. The van der Waals surface area contributed by atoms with Gasteiger partial charge in [-0.3, -0.25) is 4.79 Å². The highest BCUT2D eigenvalue weighted by molar-refractivity contribution is 5.76. The Balaban J connectivity index is 1.46. The van der Waals surface area contributed by atoms with Crippen molar-refractivity contribution < 1.29 is 13.9 Å². The summed E-state index contributed by atoms with van der Waals surface area (Å²) in [6.07, 6.45) is 2.49. The molecule has 0 unspecified atom stereocenters. The lowest BCUT2D eigenvalue weighted by atomic mass is 10.2. The number of methoxy groups -OCH3 is 1. The van der Waals surface area contributed by atoms with Crippen LogP contribution in [0.2, 0.25) is 0 Å². The van der Waals surface area contributed by atoms with Crippen molar-refractivity contribution in [3.8, 4) is 5.75 Å². The molecule has 0 atom stereocenters. The molecule has 4 aromatic rings. The Morgan fingerprint density at radius 3 is 2.71 bits per heavy atom. The summed E-state index contributed by atoms with van der Waals surface area (Å²) in [7, 11) is 1.64. The second-order valence-corrected chi connectivity index (χ2v) is 7.22. The largest absolute Gasteiger partial charge is 0.497 e. The van der Waals surface area contributed by atoms with Crippen LogP contribution in [0.4, 0.5) is 4.39 Å². The molecule has 1 amide bonds. The Kier molecular flexibility index (Phi) is 6.21. The Labute approximate surface area is 179 Å². The van der Waals surface area contributed by atoms with E-state index in [4.69, 9.17) is 9.72 Å². The summed E-state index contributed by atoms with van der Waals surface area (Å²) < 4.78 is 20.6. The van der Waals surface area contributed by atoms with Crippen molar-refractivity contribution >= 4 is 17.1 Å².